The maximum Gasteiger partial charge on any atom is 0.0278 e. The molecule has 0 aliphatic carbocycles. The van der Waals surface area contributed by atoms with E-state index in [4.69, 9.17) is 0 Å². The van der Waals surface area contributed by atoms with Crippen molar-refractivity contribution in [2.24, 2.45) is 5.92 Å². The molecule has 2 heterocycles. The normalized spacial score (nSPS) is 35.5. The Balaban J connectivity index is 1.91. The van der Waals surface area contributed by atoms with Crippen molar-refractivity contribution in [3.63, 3.8) is 0 Å². The molecule has 0 spiro atoms. The second-order valence-electron chi connectivity index (χ2n) is 5.17. The minimum atomic E-state index is 0.736. The van der Waals surface area contributed by atoms with Gasteiger partial charge in [-0.05, 0) is 27.7 Å². The average Bonchev–Trinajstić information content (AvgIpc) is 2.28. The fourth-order valence-corrected chi connectivity index (χ4v) is 2.73. The zero-order valence-electron chi connectivity index (χ0n) is 9.33. The van der Waals surface area contributed by atoms with Crippen LogP contribution in [0.5, 0.6) is 0 Å². The Morgan fingerprint density at radius 1 is 0.923 bits per heavy atom. The van der Waals surface area contributed by atoms with E-state index in [1.165, 1.54) is 19.6 Å². The molecule has 2 aliphatic rings. The fraction of sp³-hybridized carbons (Fsp3) is 1.00. The summed E-state index contributed by atoms with van der Waals surface area (Å²) in [5.41, 5.74) is 0. The highest BCUT2D eigenvalue weighted by atomic mass is 15.3. The van der Waals surface area contributed by atoms with Crippen LogP contribution >= 0.6 is 0 Å². The van der Waals surface area contributed by atoms with Gasteiger partial charge in [0.15, 0.2) is 0 Å². The highest BCUT2D eigenvalue weighted by Gasteiger charge is 2.46. The summed E-state index contributed by atoms with van der Waals surface area (Å²) in [6, 6.07) is 2.36. The van der Waals surface area contributed by atoms with Crippen molar-refractivity contribution in [2.45, 2.75) is 45.8 Å². The second-order valence-corrected chi connectivity index (χ2v) is 5.17. The summed E-state index contributed by atoms with van der Waals surface area (Å²) in [5.74, 6) is 0.977. The maximum absolute atomic E-state index is 2.65. The summed E-state index contributed by atoms with van der Waals surface area (Å²) in [4.78, 5) is 5.27. The maximum atomic E-state index is 2.65. The number of hydrogen-bond donors (Lipinski definition) is 0. The molecule has 2 atom stereocenters. The van der Waals surface area contributed by atoms with Gasteiger partial charge in [-0.15, -0.1) is 0 Å². The van der Waals surface area contributed by atoms with E-state index in [1.807, 2.05) is 0 Å². The first-order valence-electron chi connectivity index (χ1n) is 5.59. The van der Waals surface area contributed by atoms with Crippen molar-refractivity contribution in [3.8, 4) is 0 Å². The minimum Gasteiger partial charge on any atom is -0.299 e. The molecule has 2 fully saturated rings. The molecule has 0 aromatic rings. The molecule has 0 bridgehead atoms. The van der Waals surface area contributed by atoms with E-state index >= 15 is 0 Å². The van der Waals surface area contributed by atoms with Crippen LogP contribution in [0.25, 0.3) is 0 Å². The molecule has 2 heteroatoms. The summed E-state index contributed by atoms with van der Waals surface area (Å²) in [5, 5.41) is 0. The molecule has 76 valence electrons. The number of nitrogens with zero attached hydrogens (tertiary/aromatic N) is 2. The van der Waals surface area contributed by atoms with Gasteiger partial charge in [0.05, 0.1) is 0 Å². The number of fused-ring (bicyclic) bond motifs is 1. The van der Waals surface area contributed by atoms with Crippen LogP contribution in [-0.2, 0) is 0 Å². The monoisotopic (exact) mass is 182 g/mol. The van der Waals surface area contributed by atoms with Gasteiger partial charge in [0.2, 0.25) is 0 Å². The van der Waals surface area contributed by atoms with E-state index in [-0.39, 0.29) is 0 Å². The molecule has 2 saturated heterocycles. The van der Waals surface area contributed by atoms with Gasteiger partial charge in [-0.1, -0.05) is 0 Å². The van der Waals surface area contributed by atoms with Crippen LogP contribution in [-0.4, -0.2) is 47.6 Å². The Morgan fingerprint density at radius 3 is 2.15 bits per heavy atom. The fourth-order valence-electron chi connectivity index (χ4n) is 2.73. The molecule has 0 amide bonds. The molecule has 0 N–H and O–H groups in total. The van der Waals surface area contributed by atoms with Gasteiger partial charge in [0.1, 0.15) is 0 Å². The lowest BCUT2D eigenvalue weighted by Gasteiger charge is -2.46. The van der Waals surface area contributed by atoms with Crippen molar-refractivity contribution >= 4 is 0 Å². The lowest BCUT2D eigenvalue weighted by molar-refractivity contribution is 0.0215. The highest BCUT2D eigenvalue weighted by Crippen LogP contribution is 2.34. The Labute approximate surface area is 81.9 Å². The van der Waals surface area contributed by atoms with E-state index in [1.54, 1.807) is 0 Å². The summed E-state index contributed by atoms with van der Waals surface area (Å²) in [6.07, 6.45) is 0. The molecular formula is C11H22N2. The van der Waals surface area contributed by atoms with Gasteiger partial charge >= 0.3 is 0 Å². The number of rotatable bonds is 2. The van der Waals surface area contributed by atoms with E-state index in [2.05, 4.69) is 37.5 Å². The standard InChI is InChI=1S/C11H22N2/c1-8(2)12-5-10-6-13(9(3)4)11(10)7-12/h8-11H,5-7H2,1-4H3/t10-,11?/m0/s1. The first-order chi connectivity index (χ1) is 6.09. The molecule has 0 aromatic heterocycles. The molecule has 13 heavy (non-hydrogen) atoms. The van der Waals surface area contributed by atoms with Gasteiger partial charge in [0, 0.05) is 43.7 Å². The second kappa shape index (κ2) is 3.25. The Morgan fingerprint density at radius 2 is 1.62 bits per heavy atom. The van der Waals surface area contributed by atoms with E-state index in [9.17, 15) is 0 Å². The van der Waals surface area contributed by atoms with E-state index in [0.717, 1.165) is 24.0 Å². The predicted octanol–water partition coefficient (Wildman–Crippen LogP) is 1.42. The minimum absolute atomic E-state index is 0.736. The lowest BCUT2D eigenvalue weighted by atomic mass is 9.90. The highest BCUT2D eigenvalue weighted by molar-refractivity contribution is 5.01. The van der Waals surface area contributed by atoms with Crippen molar-refractivity contribution in [1.29, 1.82) is 0 Å². The molecule has 2 aliphatic heterocycles. The van der Waals surface area contributed by atoms with Gasteiger partial charge in [-0.3, -0.25) is 9.80 Å². The van der Waals surface area contributed by atoms with Gasteiger partial charge in [-0.2, -0.15) is 0 Å². The van der Waals surface area contributed by atoms with Crippen LogP contribution in [0.4, 0.5) is 0 Å². The van der Waals surface area contributed by atoms with E-state index in [0.29, 0.717) is 0 Å². The van der Waals surface area contributed by atoms with Crippen LogP contribution in [0, 0.1) is 5.92 Å². The Kier molecular flexibility index (Phi) is 2.37. The third-order valence-electron chi connectivity index (χ3n) is 3.70. The van der Waals surface area contributed by atoms with Crippen molar-refractivity contribution in [3.05, 3.63) is 0 Å². The smallest absolute Gasteiger partial charge is 0.0278 e. The summed E-state index contributed by atoms with van der Waals surface area (Å²) >= 11 is 0. The third-order valence-corrected chi connectivity index (χ3v) is 3.70. The van der Waals surface area contributed by atoms with Crippen molar-refractivity contribution in [2.75, 3.05) is 19.6 Å². The molecule has 0 aromatic carbocycles. The number of likely N-dealkylation sites (tertiary alicyclic amines) is 2. The SMILES string of the molecule is CC(C)N1CC2[C@@H](C1)CN2C(C)C. The first kappa shape index (κ1) is 9.47. The summed E-state index contributed by atoms with van der Waals surface area (Å²) in [6.45, 7) is 13.2. The van der Waals surface area contributed by atoms with Crippen molar-refractivity contribution < 1.29 is 0 Å². The van der Waals surface area contributed by atoms with Crippen LogP contribution < -0.4 is 0 Å². The largest absolute Gasteiger partial charge is 0.299 e. The zero-order valence-corrected chi connectivity index (χ0v) is 9.33. The molecule has 0 radical (unpaired) electrons. The summed E-state index contributed by atoms with van der Waals surface area (Å²) < 4.78 is 0. The topological polar surface area (TPSA) is 6.48 Å². The summed E-state index contributed by atoms with van der Waals surface area (Å²) in [7, 11) is 0. The molecule has 2 rings (SSSR count). The van der Waals surface area contributed by atoms with Crippen molar-refractivity contribution in [1.82, 2.24) is 9.80 Å². The quantitative estimate of drug-likeness (QED) is 0.637. The van der Waals surface area contributed by atoms with Crippen LogP contribution in [0.2, 0.25) is 0 Å². The molecule has 1 unspecified atom stereocenters. The van der Waals surface area contributed by atoms with Crippen LogP contribution in [0.1, 0.15) is 27.7 Å². The van der Waals surface area contributed by atoms with Crippen LogP contribution in [0.15, 0.2) is 0 Å². The van der Waals surface area contributed by atoms with Gasteiger partial charge < -0.3 is 0 Å². The van der Waals surface area contributed by atoms with E-state index < -0.39 is 0 Å². The molecular weight excluding hydrogens is 160 g/mol. The van der Waals surface area contributed by atoms with Gasteiger partial charge in [0.25, 0.3) is 0 Å². The predicted molar refractivity (Wildman–Crippen MR) is 55.8 cm³/mol. The lowest BCUT2D eigenvalue weighted by Crippen LogP contribution is -2.58. The Bertz CT molecular complexity index is 183. The van der Waals surface area contributed by atoms with Gasteiger partial charge in [-0.25, -0.2) is 0 Å². The number of hydrogen-bond acceptors (Lipinski definition) is 2. The zero-order chi connectivity index (χ0) is 9.59. The molecule has 0 saturated carbocycles. The van der Waals surface area contributed by atoms with Crippen LogP contribution in [0.3, 0.4) is 0 Å². The Hall–Kier alpha value is -0.0800. The first-order valence-corrected chi connectivity index (χ1v) is 5.59. The third kappa shape index (κ3) is 1.50. The molecule has 2 nitrogen and oxygen atoms in total. The average molecular weight is 182 g/mol.